The van der Waals surface area contributed by atoms with E-state index in [0.717, 1.165) is 24.4 Å². The van der Waals surface area contributed by atoms with E-state index in [1.54, 1.807) is 12.1 Å². The Labute approximate surface area is 104 Å². The van der Waals surface area contributed by atoms with Crippen LogP contribution in [0.15, 0.2) is 24.3 Å². The zero-order valence-electron chi connectivity index (χ0n) is 11.2. The highest BCUT2D eigenvalue weighted by molar-refractivity contribution is 5.16. The van der Waals surface area contributed by atoms with E-state index in [-0.39, 0.29) is 5.82 Å². The maximum absolute atomic E-state index is 13.0. The molecule has 96 valence electrons. The van der Waals surface area contributed by atoms with Crippen molar-refractivity contribution in [2.24, 2.45) is 5.92 Å². The molecule has 0 bridgehead atoms. The molecule has 1 aromatic carbocycles. The van der Waals surface area contributed by atoms with Gasteiger partial charge in [-0.2, -0.15) is 0 Å². The van der Waals surface area contributed by atoms with Gasteiger partial charge in [0, 0.05) is 12.6 Å². The second-order valence-corrected chi connectivity index (χ2v) is 4.87. The van der Waals surface area contributed by atoms with Crippen LogP contribution in [0.4, 0.5) is 4.39 Å². The third-order valence-corrected chi connectivity index (χ3v) is 3.36. The van der Waals surface area contributed by atoms with Crippen molar-refractivity contribution in [3.05, 3.63) is 35.6 Å². The summed E-state index contributed by atoms with van der Waals surface area (Å²) in [5, 5.41) is 3.51. The highest BCUT2D eigenvalue weighted by Crippen LogP contribution is 2.13. The number of halogens is 1. The first-order valence-electron chi connectivity index (χ1n) is 6.63. The first-order valence-corrected chi connectivity index (χ1v) is 6.63. The average molecular weight is 237 g/mol. The maximum Gasteiger partial charge on any atom is 0.123 e. The summed E-state index contributed by atoms with van der Waals surface area (Å²) < 4.78 is 13.0. The van der Waals surface area contributed by atoms with Gasteiger partial charge in [0.15, 0.2) is 0 Å². The number of benzene rings is 1. The Balaban J connectivity index is 2.42. The van der Waals surface area contributed by atoms with Gasteiger partial charge in [-0.05, 0) is 36.5 Å². The Morgan fingerprint density at radius 1 is 1.24 bits per heavy atom. The van der Waals surface area contributed by atoms with Crippen LogP contribution in [0.3, 0.4) is 0 Å². The molecule has 0 aliphatic heterocycles. The Kier molecular flexibility index (Phi) is 6.20. The lowest BCUT2D eigenvalue weighted by Gasteiger charge is -2.20. The fraction of sp³-hybridized carbons (Fsp3) is 0.600. The molecule has 2 heteroatoms. The van der Waals surface area contributed by atoms with Crippen molar-refractivity contribution >= 4 is 0 Å². The van der Waals surface area contributed by atoms with Crippen molar-refractivity contribution in [3.63, 3.8) is 0 Å². The van der Waals surface area contributed by atoms with Crippen LogP contribution >= 0.6 is 0 Å². The molecule has 0 heterocycles. The van der Waals surface area contributed by atoms with E-state index in [2.05, 4.69) is 26.1 Å². The minimum absolute atomic E-state index is 0.153. The second-order valence-electron chi connectivity index (χ2n) is 4.87. The van der Waals surface area contributed by atoms with Gasteiger partial charge in [-0.1, -0.05) is 39.3 Å². The molecule has 2 unspecified atom stereocenters. The molecule has 17 heavy (non-hydrogen) atoms. The lowest BCUT2D eigenvalue weighted by atomic mass is 9.97. The fourth-order valence-electron chi connectivity index (χ4n) is 1.96. The summed E-state index contributed by atoms with van der Waals surface area (Å²) >= 11 is 0. The third kappa shape index (κ3) is 5.31. The standard InChI is InChI=1S/C15H24FN/c1-4-12(3)9-15(5-2)17-11-13-7-6-8-14(16)10-13/h6-8,10,12,15,17H,4-5,9,11H2,1-3H3. The van der Waals surface area contributed by atoms with Gasteiger partial charge >= 0.3 is 0 Å². The zero-order valence-corrected chi connectivity index (χ0v) is 11.2. The van der Waals surface area contributed by atoms with Crippen LogP contribution in [0.25, 0.3) is 0 Å². The minimum atomic E-state index is -0.153. The molecular formula is C15H24FN. The van der Waals surface area contributed by atoms with Crippen LogP contribution in [-0.2, 0) is 6.54 Å². The average Bonchev–Trinajstić information content (AvgIpc) is 2.34. The van der Waals surface area contributed by atoms with Crippen LogP contribution in [0, 0.1) is 11.7 Å². The molecule has 0 amide bonds. The van der Waals surface area contributed by atoms with E-state index in [9.17, 15) is 4.39 Å². The molecule has 1 aromatic rings. The summed E-state index contributed by atoms with van der Waals surface area (Å²) in [7, 11) is 0. The van der Waals surface area contributed by atoms with Gasteiger partial charge in [0.05, 0.1) is 0 Å². The van der Waals surface area contributed by atoms with E-state index in [4.69, 9.17) is 0 Å². The smallest absolute Gasteiger partial charge is 0.123 e. The quantitative estimate of drug-likeness (QED) is 0.752. The summed E-state index contributed by atoms with van der Waals surface area (Å²) in [6.07, 6.45) is 3.54. The van der Waals surface area contributed by atoms with Crippen molar-refractivity contribution in [2.75, 3.05) is 0 Å². The van der Waals surface area contributed by atoms with Crippen LogP contribution in [0.2, 0.25) is 0 Å². The summed E-state index contributed by atoms with van der Waals surface area (Å²) in [6.45, 7) is 7.47. The van der Waals surface area contributed by atoms with Crippen molar-refractivity contribution < 1.29 is 4.39 Å². The topological polar surface area (TPSA) is 12.0 Å². The molecule has 0 aromatic heterocycles. The van der Waals surface area contributed by atoms with Crippen molar-refractivity contribution in [2.45, 2.75) is 52.6 Å². The predicted octanol–water partition coefficient (Wildman–Crippen LogP) is 4.13. The van der Waals surface area contributed by atoms with Gasteiger partial charge in [0.2, 0.25) is 0 Å². The molecule has 0 fully saturated rings. The fourth-order valence-corrected chi connectivity index (χ4v) is 1.96. The molecule has 0 radical (unpaired) electrons. The van der Waals surface area contributed by atoms with Gasteiger partial charge in [0.25, 0.3) is 0 Å². The second kappa shape index (κ2) is 7.44. The molecule has 0 spiro atoms. The van der Waals surface area contributed by atoms with E-state index >= 15 is 0 Å². The SMILES string of the molecule is CCC(C)CC(CC)NCc1cccc(F)c1. The van der Waals surface area contributed by atoms with E-state index in [0.29, 0.717) is 6.04 Å². The first kappa shape index (κ1) is 14.2. The first-order chi connectivity index (χ1) is 8.15. The van der Waals surface area contributed by atoms with Crippen molar-refractivity contribution in [3.8, 4) is 0 Å². The molecule has 0 aliphatic carbocycles. The summed E-state index contributed by atoms with van der Waals surface area (Å²) in [4.78, 5) is 0. The molecule has 1 nitrogen and oxygen atoms in total. The molecule has 1 N–H and O–H groups in total. The third-order valence-electron chi connectivity index (χ3n) is 3.36. The van der Waals surface area contributed by atoms with Gasteiger partial charge < -0.3 is 5.32 Å². The summed E-state index contributed by atoms with van der Waals surface area (Å²) in [6, 6.07) is 7.35. The van der Waals surface area contributed by atoms with Gasteiger partial charge in [0.1, 0.15) is 5.82 Å². The number of hydrogen-bond donors (Lipinski definition) is 1. The molecule has 0 saturated carbocycles. The highest BCUT2D eigenvalue weighted by Gasteiger charge is 2.09. The summed E-state index contributed by atoms with van der Waals surface area (Å²) in [5.74, 6) is 0.597. The molecule has 1 rings (SSSR count). The zero-order chi connectivity index (χ0) is 12.7. The highest BCUT2D eigenvalue weighted by atomic mass is 19.1. The van der Waals surface area contributed by atoms with Crippen molar-refractivity contribution in [1.82, 2.24) is 5.32 Å². The monoisotopic (exact) mass is 237 g/mol. The lowest BCUT2D eigenvalue weighted by molar-refractivity contribution is 0.384. The number of rotatable bonds is 7. The van der Waals surface area contributed by atoms with E-state index in [1.807, 2.05) is 6.07 Å². The lowest BCUT2D eigenvalue weighted by Crippen LogP contribution is -2.29. The largest absolute Gasteiger partial charge is 0.310 e. The molecule has 0 aliphatic rings. The van der Waals surface area contributed by atoms with Crippen LogP contribution in [0.5, 0.6) is 0 Å². The minimum Gasteiger partial charge on any atom is -0.310 e. The Morgan fingerprint density at radius 3 is 2.59 bits per heavy atom. The van der Waals surface area contributed by atoms with Gasteiger partial charge in [-0.15, -0.1) is 0 Å². The van der Waals surface area contributed by atoms with E-state index in [1.165, 1.54) is 18.9 Å². The van der Waals surface area contributed by atoms with Crippen LogP contribution < -0.4 is 5.32 Å². The normalized spacial score (nSPS) is 14.6. The Morgan fingerprint density at radius 2 is 2.00 bits per heavy atom. The molecule has 2 atom stereocenters. The van der Waals surface area contributed by atoms with Crippen LogP contribution in [0.1, 0.15) is 45.6 Å². The van der Waals surface area contributed by atoms with Crippen LogP contribution in [-0.4, -0.2) is 6.04 Å². The molecule has 0 saturated heterocycles. The summed E-state index contributed by atoms with van der Waals surface area (Å²) in [5.41, 5.74) is 1.02. The predicted molar refractivity (Wildman–Crippen MR) is 71.4 cm³/mol. The van der Waals surface area contributed by atoms with Gasteiger partial charge in [-0.25, -0.2) is 4.39 Å². The maximum atomic E-state index is 13.0. The Hall–Kier alpha value is -0.890. The number of hydrogen-bond acceptors (Lipinski definition) is 1. The molecular weight excluding hydrogens is 213 g/mol. The number of nitrogens with one attached hydrogen (secondary N) is 1. The van der Waals surface area contributed by atoms with E-state index < -0.39 is 0 Å². The van der Waals surface area contributed by atoms with Crippen molar-refractivity contribution in [1.29, 1.82) is 0 Å². The Bertz CT molecular complexity index is 324. The van der Waals surface area contributed by atoms with Gasteiger partial charge in [-0.3, -0.25) is 0 Å².